The average Bonchev–Trinajstić information content (AvgIpc) is 3.91. The van der Waals surface area contributed by atoms with Gasteiger partial charge in [-0.15, -0.1) is 0 Å². The third kappa shape index (κ3) is 4.88. The van der Waals surface area contributed by atoms with Gasteiger partial charge in [-0.05, 0) is 115 Å². The molecule has 2 aliphatic rings. The molecule has 0 bridgehead atoms. The van der Waals surface area contributed by atoms with Crippen LogP contribution in [0.15, 0.2) is 217 Å². The van der Waals surface area contributed by atoms with Crippen LogP contribution < -0.4 is 4.90 Å². The van der Waals surface area contributed by atoms with Crippen LogP contribution in [0.2, 0.25) is 0 Å². The van der Waals surface area contributed by atoms with Gasteiger partial charge in [0.1, 0.15) is 11.2 Å². The van der Waals surface area contributed by atoms with Crippen LogP contribution >= 0.6 is 0 Å². The summed E-state index contributed by atoms with van der Waals surface area (Å²) < 4.78 is 6.37. The molecule has 0 saturated heterocycles. The number of hydrogen-bond donors (Lipinski definition) is 0. The molecule has 9 aromatic carbocycles. The summed E-state index contributed by atoms with van der Waals surface area (Å²) in [4.78, 5) is 2.47. The normalized spacial score (nSPS) is 14.1. The van der Waals surface area contributed by atoms with Gasteiger partial charge in [0.2, 0.25) is 0 Å². The van der Waals surface area contributed by atoms with Gasteiger partial charge in [-0.25, -0.2) is 0 Å². The van der Waals surface area contributed by atoms with Gasteiger partial charge < -0.3 is 9.32 Å². The zero-order chi connectivity index (χ0) is 40.0. The summed E-state index contributed by atoms with van der Waals surface area (Å²) in [7, 11) is 0. The van der Waals surface area contributed by atoms with Gasteiger partial charge >= 0.3 is 0 Å². The maximum Gasteiger partial charge on any atom is 0.136 e. The Balaban J connectivity index is 1.12. The van der Waals surface area contributed by atoms with Gasteiger partial charge in [-0.3, -0.25) is 0 Å². The fourth-order valence-electron chi connectivity index (χ4n) is 10.7. The molecule has 1 aromatic heterocycles. The van der Waals surface area contributed by atoms with Gasteiger partial charge in [0, 0.05) is 33.2 Å². The van der Waals surface area contributed by atoms with Gasteiger partial charge in [0.15, 0.2) is 0 Å². The number of hydrogen-bond acceptors (Lipinski definition) is 2. The Kier molecular flexibility index (Phi) is 7.52. The number of para-hydroxylation sites is 1. The minimum absolute atomic E-state index is 0.150. The summed E-state index contributed by atoms with van der Waals surface area (Å²) in [5.74, 6) is 0. The second-order valence-electron chi connectivity index (χ2n) is 16.8. The first kappa shape index (κ1) is 34.6. The summed E-state index contributed by atoms with van der Waals surface area (Å²) >= 11 is 0. The van der Waals surface area contributed by atoms with Crippen LogP contribution in [0.4, 0.5) is 17.1 Å². The number of benzene rings is 9. The first-order valence-electron chi connectivity index (χ1n) is 20.9. The summed E-state index contributed by atoms with van der Waals surface area (Å²) in [5.41, 5.74) is 19.7. The van der Waals surface area contributed by atoms with Crippen molar-refractivity contribution in [3.63, 3.8) is 0 Å². The molecule has 0 aliphatic heterocycles. The van der Waals surface area contributed by atoms with E-state index in [9.17, 15) is 0 Å². The van der Waals surface area contributed by atoms with Gasteiger partial charge in [-0.2, -0.15) is 0 Å². The lowest BCUT2D eigenvalue weighted by atomic mass is 9.67. The maximum atomic E-state index is 6.37. The predicted octanol–water partition coefficient (Wildman–Crippen LogP) is 15.4. The molecule has 0 N–H and O–H groups in total. The molecular weight excluding hydrogens is 727 g/mol. The molecule has 0 fully saturated rings. The van der Waals surface area contributed by atoms with Crippen molar-refractivity contribution in [1.29, 1.82) is 0 Å². The predicted molar refractivity (Wildman–Crippen MR) is 249 cm³/mol. The average molecular weight is 768 g/mol. The van der Waals surface area contributed by atoms with Crippen LogP contribution in [0.25, 0.3) is 55.3 Å². The van der Waals surface area contributed by atoms with Crippen molar-refractivity contribution >= 4 is 39.0 Å². The Hall–Kier alpha value is -7.42. The topological polar surface area (TPSA) is 16.4 Å². The monoisotopic (exact) mass is 767 g/mol. The highest BCUT2D eigenvalue weighted by atomic mass is 16.3. The molecule has 0 saturated carbocycles. The third-order valence-electron chi connectivity index (χ3n) is 13.3. The van der Waals surface area contributed by atoms with E-state index in [-0.39, 0.29) is 5.41 Å². The molecule has 2 nitrogen and oxygen atoms in total. The lowest BCUT2D eigenvalue weighted by Gasteiger charge is -2.35. The van der Waals surface area contributed by atoms with E-state index in [2.05, 4.69) is 225 Å². The fourth-order valence-corrected chi connectivity index (χ4v) is 10.7. The Bertz CT molecular complexity index is 3260. The van der Waals surface area contributed by atoms with Crippen LogP contribution in [0.3, 0.4) is 0 Å². The van der Waals surface area contributed by atoms with Crippen LogP contribution in [-0.2, 0) is 10.8 Å². The van der Waals surface area contributed by atoms with E-state index in [0.29, 0.717) is 0 Å². The van der Waals surface area contributed by atoms with E-state index < -0.39 is 5.41 Å². The van der Waals surface area contributed by atoms with Gasteiger partial charge in [0.05, 0.1) is 5.41 Å². The molecule has 10 aromatic rings. The van der Waals surface area contributed by atoms with E-state index in [1.165, 1.54) is 55.6 Å². The van der Waals surface area contributed by atoms with Crippen LogP contribution in [-0.4, -0.2) is 0 Å². The highest BCUT2D eigenvalue weighted by Crippen LogP contribution is 2.58. The Labute approximate surface area is 350 Å². The standard InChI is InChI=1S/C58H41NO/c1-57(2)50-27-12-9-23-45(50)47-33-31-42(36-52(47)57)59(41-22-15-17-38(35-41)44-26-16-30-55-56(44)49-25-11-14-29-54(49)60-55)43-32-34-48-46-24-10-13-28-51(46)58(53(48)37-43,39-18-5-3-6-19-39)40-20-7-4-8-21-40/h3-37H,1-2H3. The maximum absolute atomic E-state index is 6.37. The first-order chi connectivity index (χ1) is 29.5. The number of nitrogens with zero attached hydrogens (tertiary/aromatic N) is 1. The third-order valence-corrected chi connectivity index (χ3v) is 13.3. The van der Waals surface area contributed by atoms with Crippen LogP contribution in [0.5, 0.6) is 0 Å². The number of rotatable bonds is 6. The molecule has 0 atom stereocenters. The smallest absolute Gasteiger partial charge is 0.136 e. The molecule has 1 heterocycles. The van der Waals surface area contributed by atoms with Crippen LogP contribution in [0.1, 0.15) is 47.2 Å². The van der Waals surface area contributed by atoms with E-state index in [1.807, 2.05) is 6.07 Å². The number of anilines is 3. The van der Waals surface area contributed by atoms with Crippen molar-refractivity contribution in [1.82, 2.24) is 0 Å². The fraction of sp³-hybridized carbons (Fsp3) is 0.0690. The molecule has 0 spiro atoms. The molecule has 0 radical (unpaired) electrons. The molecule has 60 heavy (non-hydrogen) atoms. The van der Waals surface area contributed by atoms with Crippen LogP contribution in [0, 0.1) is 0 Å². The number of fused-ring (bicyclic) bond motifs is 9. The molecule has 2 aliphatic carbocycles. The summed E-state index contributed by atoms with van der Waals surface area (Å²) in [6.07, 6.45) is 0. The zero-order valence-corrected chi connectivity index (χ0v) is 33.6. The lowest BCUT2D eigenvalue weighted by Crippen LogP contribution is -2.28. The summed E-state index contributed by atoms with van der Waals surface area (Å²) in [6.45, 7) is 4.73. The van der Waals surface area contributed by atoms with Crippen molar-refractivity contribution < 1.29 is 4.42 Å². The Morgan fingerprint density at radius 1 is 0.367 bits per heavy atom. The highest BCUT2D eigenvalue weighted by molar-refractivity contribution is 6.12. The second-order valence-corrected chi connectivity index (χ2v) is 16.8. The molecular formula is C58H41NO. The van der Waals surface area contributed by atoms with E-state index >= 15 is 0 Å². The quantitative estimate of drug-likeness (QED) is 0.168. The van der Waals surface area contributed by atoms with Gasteiger partial charge in [-0.1, -0.05) is 178 Å². The highest BCUT2D eigenvalue weighted by Gasteiger charge is 2.46. The molecule has 12 rings (SSSR count). The van der Waals surface area contributed by atoms with Crippen molar-refractivity contribution in [3.05, 3.63) is 246 Å². The Morgan fingerprint density at radius 3 is 1.62 bits per heavy atom. The van der Waals surface area contributed by atoms with E-state index in [1.54, 1.807) is 0 Å². The van der Waals surface area contributed by atoms with Crippen molar-refractivity contribution in [2.45, 2.75) is 24.7 Å². The van der Waals surface area contributed by atoms with Crippen molar-refractivity contribution in [2.75, 3.05) is 4.90 Å². The minimum atomic E-state index is -0.516. The molecule has 0 amide bonds. The molecule has 2 heteroatoms. The summed E-state index contributed by atoms with van der Waals surface area (Å²) in [6, 6.07) is 78.1. The molecule has 284 valence electrons. The lowest BCUT2D eigenvalue weighted by molar-refractivity contribution is 0.660. The SMILES string of the molecule is CC1(C)c2ccccc2-c2ccc(N(c3cccc(-c4cccc5oc6ccccc6c45)c3)c3ccc4c(c3)C(c3ccccc3)(c3ccccc3)c3ccccc3-4)cc21. The van der Waals surface area contributed by atoms with Crippen molar-refractivity contribution in [3.8, 4) is 33.4 Å². The van der Waals surface area contributed by atoms with E-state index in [0.717, 1.165) is 50.1 Å². The van der Waals surface area contributed by atoms with Crippen molar-refractivity contribution in [2.24, 2.45) is 0 Å². The minimum Gasteiger partial charge on any atom is -0.456 e. The van der Waals surface area contributed by atoms with E-state index in [4.69, 9.17) is 4.42 Å². The largest absolute Gasteiger partial charge is 0.456 e. The molecule has 0 unspecified atom stereocenters. The zero-order valence-electron chi connectivity index (χ0n) is 33.6. The summed E-state index contributed by atoms with van der Waals surface area (Å²) in [5, 5.41) is 2.27. The van der Waals surface area contributed by atoms with Gasteiger partial charge in [0.25, 0.3) is 0 Å². The Morgan fingerprint density at radius 2 is 0.883 bits per heavy atom. The first-order valence-corrected chi connectivity index (χ1v) is 20.9. The number of furan rings is 1. The second kappa shape index (κ2) is 13.0.